The van der Waals surface area contributed by atoms with Gasteiger partial charge in [0.1, 0.15) is 16.9 Å². The molecule has 0 aliphatic carbocycles. The second-order valence-corrected chi connectivity index (χ2v) is 4.59. The summed E-state index contributed by atoms with van der Waals surface area (Å²) in [7, 11) is 0. The first-order valence-electron chi connectivity index (χ1n) is 3.71. The van der Waals surface area contributed by atoms with Crippen molar-refractivity contribution >= 4 is 42.4 Å². The quantitative estimate of drug-likeness (QED) is 0.799. The van der Waals surface area contributed by atoms with Crippen LogP contribution in [0.4, 0.5) is 9.39 Å². The Morgan fingerprint density at radius 3 is 2.86 bits per heavy atom. The van der Waals surface area contributed by atoms with Crippen LogP contribution < -0.4 is 5.73 Å². The van der Waals surface area contributed by atoms with Crippen molar-refractivity contribution in [2.75, 3.05) is 5.73 Å². The lowest BCUT2D eigenvalue weighted by Gasteiger charge is -1.95. The average molecular weight is 271 g/mol. The van der Waals surface area contributed by atoms with Crippen molar-refractivity contribution in [3.63, 3.8) is 0 Å². The Hall–Kier alpha value is -1.12. The molecular formula is C9H4BrFN2S. The average Bonchev–Trinajstić information content (AvgIpc) is 2.50. The molecule has 0 spiro atoms. The highest BCUT2D eigenvalue weighted by atomic mass is 79.9. The number of nitrogen functional groups attached to an aromatic ring is 1. The number of hydrogen-bond donors (Lipinski definition) is 1. The molecule has 2 N–H and O–H groups in total. The van der Waals surface area contributed by atoms with Crippen molar-refractivity contribution < 1.29 is 4.39 Å². The highest BCUT2D eigenvalue weighted by molar-refractivity contribution is 9.10. The SMILES string of the molecule is N#Cc1c(N)sc2c(F)ccc(Br)c12. The van der Waals surface area contributed by atoms with Crippen LogP contribution in [0.2, 0.25) is 0 Å². The third-order valence-electron chi connectivity index (χ3n) is 1.88. The van der Waals surface area contributed by atoms with Crippen LogP contribution in [0.5, 0.6) is 0 Å². The van der Waals surface area contributed by atoms with Gasteiger partial charge in [0.25, 0.3) is 0 Å². The first kappa shape index (κ1) is 9.44. The number of hydrogen-bond acceptors (Lipinski definition) is 3. The minimum absolute atomic E-state index is 0.344. The number of thiophene rings is 1. The number of fused-ring (bicyclic) bond motifs is 1. The maximum absolute atomic E-state index is 13.3. The molecule has 0 atom stereocenters. The first-order chi connectivity index (χ1) is 6.65. The fraction of sp³-hybridized carbons (Fsp3) is 0. The Morgan fingerprint density at radius 1 is 1.50 bits per heavy atom. The van der Waals surface area contributed by atoms with Gasteiger partial charge in [-0.3, -0.25) is 0 Å². The van der Waals surface area contributed by atoms with Crippen molar-refractivity contribution in [2.24, 2.45) is 0 Å². The number of nitriles is 1. The summed E-state index contributed by atoms with van der Waals surface area (Å²) in [6.07, 6.45) is 0. The van der Waals surface area contributed by atoms with E-state index < -0.39 is 0 Å². The lowest BCUT2D eigenvalue weighted by molar-refractivity contribution is 0.641. The van der Waals surface area contributed by atoms with Crippen molar-refractivity contribution in [3.8, 4) is 6.07 Å². The lowest BCUT2D eigenvalue weighted by Crippen LogP contribution is -1.83. The van der Waals surface area contributed by atoms with E-state index in [9.17, 15) is 4.39 Å². The molecule has 1 aromatic heterocycles. The molecule has 0 fully saturated rings. The lowest BCUT2D eigenvalue weighted by atomic mass is 10.2. The molecule has 0 aliphatic heterocycles. The summed E-state index contributed by atoms with van der Waals surface area (Å²) in [6.45, 7) is 0. The number of benzene rings is 1. The van der Waals surface area contributed by atoms with Gasteiger partial charge in [-0.25, -0.2) is 4.39 Å². The fourth-order valence-corrected chi connectivity index (χ4v) is 2.87. The zero-order chi connectivity index (χ0) is 10.3. The molecule has 0 radical (unpaired) electrons. The largest absolute Gasteiger partial charge is 0.389 e. The topological polar surface area (TPSA) is 49.8 Å². The molecule has 0 unspecified atom stereocenters. The van der Waals surface area contributed by atoms with E-state index in [0.29, 0.717) is 25.1 Å². The van der Waals surface area contributed by atoms with Crippen LogP contribution in [-0.2, 0) is 0 Å². The molecule has 2 aromatic rings. The Balaban J connectivity index is 3.03. The molecule has 2 rings (SSSR count). The van der Waals surface area contributed by atoms with E-state index in [2.05, 4.69) is 15.9 Å². The van der Waals surface area contributed by atoms with Crippen LogP contribution in [0.25, 0.3) is 10.1 Å². The molecule has 1 aromatic carbocycles. The van der Waals surface area contributed by atoms with Gasteiger partial charge in [-0.1, -0.05) is 15.9 Å². The molecule has 0 amide bonds. The standard InChI is InChI=1S/C9H4BrFN2S/c10-5-1-2-6(11)8-7(5)4(3-12)9(13)14-8/h1-2H,13H2. The molecule has 0 saturated carbocycles. The third kappa shape index (κ3) is 1.19. The molecule has 5 heteroatoms. The number of rotatable bonds is 0. The van der Waals surface area contributed by atoms with Gasteiger partial charge in [0.05, 0.1) is 10.3 Å². The molecule has 2 nitrogen and oxygen atoms in total. The summed E-state index contributed by atoms with van der Waals surface area (Å²) < 4.78 is 14.4. The zero-order valence-electron chi connectivity index (χ0n) is 6.84. The van der Waals surface area contributed by atoms with Crippen molar-refractivity contribution in [1.29, 1.82) is 5.26 Å². The van der Waals surface area contributed by atoms with Crippen molar-refractivity contribution in [1.82, 2.24) is 0 Å². The Morgan fingerprint density at radius 2 is 2.21 bits per heavy atom. The van der Waals surface area contributed by atoms with E-state index in [4.69, 9.17) is 11.0 Å². The predicted molar refractivity (Wildman–Crippen MR) is 58.6 cm³/mol. The second kappa shape index (κ2) is 3.23. The minimum atomic E-state index is -0.346. The summed E-state index contributed by atoms with van der Waals surface area (Å²) in [5, 5.41) is 9.77. The summed E-state index contributed by atoms with van der Waals surface area (Å²) in [4.78, 5) is 0. The van der Waals surface area contributed by atoms with Gasteiger partial charge in [-0.15, -0.1) is 11.3 Å². The zero-order valence-corrected chi connectivity index (χ0v) is 9.25. The predicted octanol–water partition coefficient (Wildman–Crippen LogP) is 3.26. The molecule has 0 bridgehead atoms. The first-order valence-corrected chi connectivity index (χ1v) is 5.32. The van der Waals surface area contributed by atoms with Crippen LogP contribution in [0.3, 0.4) is 0 Å². The summed E-state index contributed by atoms with van der Waals surface area (Å²) in [6, 6.07) is 4.90. The van der Waals surface area contributed by atoms with Gasteiger partial charge in [-0.2, -0.15) is 5.26 Å². The van der Waals surface area contributed by atoms with Gasteiger partial charge in [-0.05, 0) is 12.1 Å². The van der Waals surface area contributed by atoms with Crippen LogP contribution in [0, 0.1) is 17.1 Å². The fourth-order valence-electron chi connectivity index (χ4n) is 1.26. The molecule has 0 saturated heterocycles. The third-order valence-corrected chi connectivity index (χ3v) is 3.57. The van der Waals surface area contributed by atoms with E-state index in [1.165, 1.54) is 6.07 Å². The molecule has 0 aliphatic rings. The normalized spacial score (nSPS) is 10.4. The highest BCUT2D eigenvalue weighted by Crippen LogP contribution is 2.38. The maximum atomic E-state index is 13.3. The maximum Gasteiger partial charge on any atom is 0.141 e. The Bertz CT molecular complexity index is 556. The van der Waals surface area contributed by atoms with Crippen LogP contribution in [-0.4, -0.2) is 0 Å². The van der Waals surface area contributed by atoms with E-state index in [-0.39, 0.29) is 5.82 Å². The number of nitrogens with two attached hydrogens (primary N) is 1. The van der Waals surface area contributed by atoms with Gasteiger partial charge in [0.15, 0.2) is 0 Å². The Kier molecular flexibility index (Phi) is 2.17. The monoisotopic (exact) mass is 270 g/mol. The molecule has 70 valence electrons. The van der Waals surface area contributed by atoms with Gasteiger partial charge in [0, 0.05) is 9.86 Å². The molecular weight excluding hydrogens is 267 g/mol. The van der Waals surface area contributed by atoms with E-state index >= 15 is 0 Å². The van der Waals surface area contributed by atoms with E-state index in [1.54, 1.807) is 6.07 Å². The van der Waals surface area contributed by atoms with Gasteiger partial charge >= 0.3 is 0 Å². The van der Waals surface area contributed by atoms with E-state index in [0.717, 1.165) is 11.3 Å². The molecule has 1 heterocycles. The van der Waals surface area contributed by atoms with Crippen molar-refractivity contribution in [3.05, 3.63) is 28.0 Å². The number of halogens is 2. The second-order valence-electron chi connectivity index (χ2n) is 2.69. The van der Waals surface area contributed by atoms with Crippen LogP contribution >= 0.6 is 27.3 Å². The summed E-state index contributed by atoms with van der Waals surface area (Å²) >= 11 is 4.36. The summed E-state index contributed by atoms with van der Waals surface area (Å²) in [5.74, 6) is -0.346. The molecule has 14 heavy (non-hydrogen) atoms. The van der Waals surface area contributed by atoms with E-state index in [1.807, 2.05) is 6.07 Å². The smallest absolute Gasteiger partial charge is 0.141 e. The van der Waals surface area contributed by atoms with Crippen LogP contribution in [0.1, 0.15) is 5.56 Å². The minimum Gasteiger partial charge on any atom is -0.389 e. The Labute approximate surface area is 91.9 Å². The van der Waals surface area contributed by atoms with Gasteiger partial charge in [0.2, 0.25) is 0 Å². The number of nitrogens with zero attached hydrogens (tertiary/aromatic N) is 1. The summed E-state index contributed by atoms with van der Waals surface area (Å²) in [5.41, 5.74) is 5.95. The highest BCUT2D eigenvalue weighted by Gasteiger charge is 2.15. The van der Waals surface area contributed by atoms with Gasteiger partial charge < -0.3 is 5.73 Å². The van der Waals surface area contributed by atoms with Crippen LogP contribution in [0.15, 0.2) is 16.6 Å². The number of anilines is 1. The van der Waals surface area contributed by atoms with Crippen molar-refractivity contribution in [2.45, 2.75) is 0 Å².